The quantitative estimate of drug-likeness (QED) is 0.0941. The highest BCUT2D eigenvalue weighted by molar-refractivity contribution is 6.25. The predicted molar refractivity (Wildman–Crippen MR) is 156 cm³/mol. The number of anilines is 1. The number of rotatable bonds is 25. The van der Waals surface area contributed by atoms with Crippen molar-refractivity contribution in [2.75, 3.05) is 111 Å². The Bertz CT molecular complexity index is 1060. The lowest BCUT2D eigenvalue weighted by atomic mass is 10.0. The predicted octanol–water partition coefficient (Wildman–Crippen LogP) is -0.425. The van der Waals surface area contributed by atoms with Gasteiger partial charge >= 0.3 is 0 Å². The van der Waals surface area contributed by atoms with Gasteiger partial charge in [-0.25, -0.2) is 0 Å². The number of carbonyl (C=O) groups excluding carboxylic acids is 4. The molecule has 2 aliphatic heterocycles. The number of nitrogens with one attached hydrogen (secondary N) is 2. The van der Waals surface area contributed by atoms with E-state index in [1.807, 2.05) is 0 Å². The summed E-state index contributed by atoms with van der Waals surface area (Å²) >= 11 is 0. The van der Waals surface area contributed by atoms with E-state index in [1.165, 1.54) is 0 Å². The number of hydrogen-bond acceptors (Lipinski definition) is 13. The fourth-order valence-electron chi connectivity index (χ4n) is 4.43. The van der Waals surface area contributed by atoms with Gasteiger partial charge in [-0.1, -0.05) is 6.07 Å². The standard InChI is InChI=1S/C29H44N4O11/c30-6-8-38-10-12-40-14-16-42-18-20-44-21-19-43-17-15-41-13-11-39-9-7-31-23-3-1-2-22-26(23)29(37)33(28(22)36)24-4-5-25(34)32-27(24)35/h1-3,24,31H,4-21,30H2,(H,32,34,35). The van der Waals surface area contributed by atoms with Crippen molar-refractivity contribution in [2.45, 2.75) is 18.9 Å². The summed E-state index contributed by atoms with van der Waals surface area (Å²) in [4.78, 5) is 50.7. The number of nitrogens with zero attached hydrogens (tertiary/aromatic N) is 1. The number of fused-ring (bicyclic) bond motifs is 1. The van der Waals surface area contributed by atoms with Crippen LogP contribution in [0.3, 0.4) is 0 Å². The molecule has 0 aliphatic carbocycles. The van der Waals surface area contributed by atoms with E-state index in [0.717, 1.165) is 4.90 Å². The van der Waals surface area contributed by atoms with E-state index >= 15 is 0 Å². The minimum Gasteiger partial charge on any atom is -0.382 e. The summed E-state index contributed by atoms with van der Waals surface area (Å²) < 4.78 is 37.9. The molecule has 246 valence electrons. The summed E-state index contributed by atoms with van der Waals surface area (Å²) in [6.45, 7) is 7.38. The molecule has 15 heteroatoms. The second-order valence-corrected chi connectivity index (χ2v) is 9.68. The molecule has 4 amide bonds. The highest BCUT2D eigenvalue weighted by atomic mass is 16.6. The number of hydrogen-bond donors (Lipinski definition) is 3. The maximum Gasteiger partial charge on any atom is 0.264 e. The van der Waals surface area contributed by atoms with E-state index in [-0.39, 0.29) is 24.0 Å². The Balaban J connectivity index is 1.14. The maximum absolute atomic E-state index is 13.1. The van der Waals surface area contributed by atoms with Crippen LogP contribution in [0, 0.1) is 0 Å². The smallest absolute Gasteiger partial charge is 0.264 e. The first kappa shape index (κ1) is 35.5. The minimum absolute atomic E-state index is 0.0697. The molecular weight excluding hydrogens is 580 g/mol. The number of imide groups is 2. The Kier molecular flexibility index (Phi) is 16.8. The molecule has 3 rings (SSSR count). The average molecular weight is 625 g/mol. The lowest BCUT2D eigenvalue weighted by Gasteiger charge is -2.27. The molecule has 0 saturated carbocycles. The first-order chi connectivity index (χ1) is 21.5. The molecule has 1 unspecified atom stereocenters. The molecule has 1 atom stereocenters. The van der Waals surface area contributed by atoms with Gasteiger partial charge in [-0.2, -0.15) is 0 Å². The topological polar surface area (TPSA) is 186 Å². The molecule has 0 aromatic heterocycles. The largest absolute Gasteiger partial charge is 0.382 e. The van der Waals surface area contributed by atoms with Crippen molar-refractivity contribution in [3.63, 3.8) is 0 Å². The second-order valence-electron chi connectivity index (χ2n) is 9.68. The van der Waals surface area contributed by atoms with Gasteiger partial charge in [0, 0.05) is 25.2 Å². The Morgan fingerprint density at radius 1 is 0.705 bits per heavy atom. The highest BCUT2D eigenvalue weighted by Crippen LogP contribution is 2.32. The zero-order chi connectivity index (χ0) is 31.4. The molecule has 2 aliphatic rings. The van der Waals surface area contributed by atoms with E-state index in [0.29, 0.717) is 111 Å². The van der Waals surface area contributed by atoms with E-state index < -0.39 is 29.7 Å². The summed E-state index contributed by atoms with van der Waals surface area (Å²) in [6.07, 6.45) is 0.178. The molecule has 0 bridgehead atoms. The lowest BCUT2D eigenvalue weighted by Crippen LogP contribution is -2.54. The van der Waals surface area contributed by atoms with Crippen LogP contribution in [0.2, 0.25) is 0 Å². The molecule has 4 N–H and O–H groups in total. The van der Waals surface area contributed by atoms with Crippen LogP contribution in [0.1, 0.15) is 33.6 Å². The molecule has 1 fully saturated rings. The van der Waals surface area contributed by atoms with Gasteiger partial charge in [0.05, 0.1) is 104 Å². The normalized spacial score (nSPS) is 16.5. The molecule has 44 heavy (non-hydrogen) atoms. The van der Waals surface area contributed by atoms with Crippen molar-refractivity contribution in [1.82, 2.24) is 10.2 Å². The maximum atomic E-state index is 13.1. The van der Waals surface area contributed by atoms with E-state index in [2.05, 4.69) is 10.6 Å². The van der Waals surface area contributed by atoms with Gasteiger partial charge in [0.2, 0.25) is 11.8 Å². The summed E-state index contributed by atoms with van der Waals surface area (Å²) in [5, 5.41) is 5.32. The number of amides is 4. The van der Waals surface area contributed by atoms with Crippen LogP contribution < -0.4 is 16.4 Å². The summed E-state index contributed by atoms with van der Waals surface area (Å²) in [6, 6.07) is 3.91. The van der Waals surface area contributed by atoms with Gasteiger partial charge in [-0.3, -0.25) is 29.4 Å². The van der Waals surface area contributed by atoms with Crippen molar-refractivity contribution >= 4 is 29.3 Å². The van der Waals surface area contributed by atoms with E-state index in [4.69, 9.17) is 38.9 Å². The van der Waals surface area contributed by atoms with Gasteiger partial charge in [-0.15, -0.1) is 0 Å². The van der Waals surface area contributed by atoms with Crippen LogP contribution in [0.5, 0.6) is 0 Å². The molecular formula is C29H44N4O11. The van der Waals surface area contributed by atoms with Crippen LogP contribution in [-0.2, 0) is 42.7 Å². The van der Waals surface area contributed by atoms with Crippen LogP contribution in [0.15, 0.2) is 18.2 Å². The fraction of sp³-hybridized carbons (Fsp3) is 0.655. The third-order valence-corrected chi connectivity index (χ3v) is 6.52. The number of carbonyl (C=O) groups is 4. The summed E-state index contributed by atoms with van der Waals surface area (Å²) in [7, 11) is 0. The summed E-state index contributed by atoms with van der Waals surface area (Å²) in [5.41, 5.74) is 6.24. The van der Waals surface area contributed by atoms with Gasteiger partial charge in [0.1, 0.15) is 6.04 Å². The Labute approximate surface area is 256 Å². The van der Waals surface area contributed by atoms with Crippen molar-refractivity contribution in [1.29, 1.82) is 0 Å². The van der Waals surface area contributed by atoms with Crippen LogP contribution in [0.25, 0.3) is 0 Å². The SMILES string of the molecule is NCCOCCOCCOCCOCCOCCOCCOCCNc1cccc2c1C(=O)N(C1CCC(=O)NC1=O)C2=O. The van der Waals surface area contributed by atoms with Crippen LogP contribution in [0.4, 0.5) is 5.69 Å². The number of nitrogens with two attached hydrogens (primary N) is 1. The monoisotopic (exact) mass is 624 g/mol. The number of ether oxygens (including phenoxy) is 7. The summed E-state index contributed by atoms with van der Waals surface area (Å²) in [5.74, 6) is -2.16. The van der Waals surface area contributed by atoms with Crippen LogP contribution in [-0.4, -0.2) is 140 Å². The van der Waals surface area contributed by atoms with Gasteiger partial charge in [0.15, 0.2) is 0 Å². The van der Waals surface area contributed by atoms with Crippen molar-refractivity contribution in [2.24, 2.45) is 5.73 Å². The number of piperidine rings is 1. The molecule has 1 aromatic rings. The Morgan fingerprint density at radius 2 is 1.20 bits per heavy atom. The van der Waals surface area contributed by atoms with E-state index in [1.54, 1.807) is 18.2 Å². The molecule has 1 aromatic carbocycles. The zero-order valence-electron chi connectivity index (χ0n) is 25.1. The van der Waals surface area contributed by atoms with Crippen molar-refractivity contribution in [3.8, 4) is 0 Å². The van der Waals surface area contributed by atoms with Crippen molar-refractivity contribution < 1.29 is 52.3 Å². The van der Waals surface area contributed by atoms with Gasteiger partial charge in [0.25, 0.3) is 11.8 Å². The molecule has 0 radical (unpaired) electrons. The molecule has 1 saturated heterocycles. The first-order valence-corrected chi connectivity index (χ1v) is 14.9. The van der Waals surface area contributed by atoms with Crippen LogP contribution >= 0.6 is 0 Å². The fourth-order valence-corrected chi connectivity index (χ4v) is 4.43. The average Bonchev–Trinajstić information content (AvgIpc) is 3.27. The van der Waals surface area contributed by atoms with Gasteiger partial charge in [-0.05, 0) is 18.6 Å². The molecule has 2 heterocycles. The molecule has 0 spiro atoms. The highest BCUT2D eigenvalue weighted by Gasteiger charge is 2.45. The zero-order valence-corrected chi connectivity index (χ0v) is 25.1. The van der Waals surface area contributed by atoms with Crippen molar-refractivity contribution in [3.05, 3.63) is 29.3 Å². The second kappa shape index (κ2) is 20.8. The van der Waals surface area contributed by atoms with Gasteiger partial charge < -0.3 is 44.2 Å². The Hall–Kier alpha value is -3.02. The van der Waals surface area contributed by atoms with E-state index in [9.17, 15) is 19.2 Å². The lowest BCUT2D eigenvalue weighted by molar-refractivity contribution is -0.136. The Morgan fingerprint density at radius 3 is 1.70 bits per heavy atom. The number of benzene rings is 1. The third kappa shape index (κ3) is 11.8. The minimum atomic E-state index is -1.00. The third-order valence-electron chi connectivity index (χ3n) is 6.52. The first-order valence-electron chi connectivity index (χ1n) is 14.9. The molecule has 15 nitrogen and oxygen atoms in total.